The number of hydrogen-bond acceptors (Lipinski definition) is 4. The molecule has 1 saturated carbocycles. The highest BCUT2D eigenvalue weighted by molar-refractivity contribution is 6.00. The summed E-state index contributed by atoms with van der Waals surface area (Å²) in [6.07, 6.45) is 9.39. The van der Waals surface area contributed by atoms with Gasteiger partial charge in [0.2, 0.25) is 0 Å². The van der Waals surface area contributed by atoms with Crippen LogP contribution in [0.1, 0.15) is 71.6 Å². The van der Waals surface area contributed by atoms with Crippen molar-refractivity contribution < 1.29 is 9.53 Å². The maximum atomic E-state index is 13.5. The maximum absolute atomic E-state index is 13.5. The second-order valence-electron chi connectivity index (χ2n) is 10.1. The van der Waals surface area contributed by atoms with Gasteiger partial charge in [0.25, 0.3) is 5.91 Å². The van der Waals surface area contributed by atoms with Gasteiger partial charge in [-0.05, 0) is 77.5 Å². The molecule has 3 N–H and O–H groups in total. The lowest BCUT2D eigenvalue weighted by molar-refractivity contribution is -0.128. The Hall–Kier alpha value is -2.08. The Kier molecular flexibility index (Phi) is 7.39. The summed E-state index contributed by atoms with van der Waals surface area (Å²) in [6, 6.07) is 9.29. The molecule has 0 aromatic heterocycles. The van der Waals surface area contributed by atoms with Crippen LogP contribution in [0.4, 0.5) is 5.69 Å². The van der Waals surface area contributed by atoms with E-state index in [4.69, 9.17) is 15.9 Å². The summed E-state index contributed by atoms with van der Waals surface area (Å²) < 4.78 is 6.21. The molecule has 0 bridgehead atoms. The first-order valence-electron chi connectivity index (χ1n) is 12.6. The lowest BCUT2D eigenvalue weighted by atomic mass is 9.95. The van der Waals surface area contributed by atoms with Gasteiger partial charge in [0.05, 0.1) is 11.5 Å². The molecule has 3 unspecified atom stereocenters. The zero-order valence-corrected chi connectivity index (χ0v) is 19.8. The van der Waals surface area contributed by atoms with E-state index in [-0.39, 0.29) is 23.6 Å². The first-order chi connectivity index (χ1) is 15.5. The van der Waals surface area contributed by atoms with E-state index in [9.17, 15) is 4.79 Å². The second kappa shape index (κ2) is 10.2. The normalized spacial score (nSPS) is 30.8. The standard InChI is InChI=1S/C26H40N4O2/c1-18-9-8-10-19(2)29(18)15-6-3-7-16-30-22-11-4-5-12-23(22)32-24(26(30)31)20-13-14-21(17-20)25(27)28/h4-5,11-12,18-21,24H,3,6-10,13-17H2,1-2H3,(H3,27,28)/t18-,19+,20?,21?,24?. The highest BCUT2D eigenvalue weighted by Crippen LogP contribution is 2.41. The topological polar surface area (TPSA) is 82.7 Å². The van der Waals surface area contributed by atoms with Crippen molar-refractivity contribution in [3.05, 3.63) is 24.3 Å². The minimum Gasteiger partial charge on any atom is -0.478 e. The third-order valence-electron chi connectivity index (χ3n) is 7.93. The van der Waals surface area contributed by atoms with Gasteiger partial charge in [-0.2, -0.15) is 0 Å². The van der Waals surface area contributed by atoms with Gasteiger partial charge in [-0.15, -0.1) is 0 Å². The van der Waals surface area contributed by atoms with Crippen LogP contribution < -0.4 is 15.4 Å². The molecule has 4 rings (SSSR count). The Balaban J connectivity index is 1.34. The molecule has 0 radical (unpaired) electrons. The van der Waals surface area contributed by atoms with Gasteiger partial charge < -0.3 is 15.4 Å². The van der Waals surface area contributed by atoms with E-state index >= 15 is 0 Å². The summed E-state index contributed by atoms with van der Waals surface area (Å²) in [5, 5.41) is 7.77. The predicted molar refractivity (Wildman–Crippen MR) is 129 cm³/mol. The minimum absolute atomic E-state index is 0.0798. The molecule has 2 aliphatic heterocycles. The van der Waals surface area contributed by atoms with Crippen molar-refractivity contribution in [2.45, 2.75) is 89.8 Å². The lowest BCUT2D eigenvalue weighted by Crippen LogP contribution is -2.49. The van der Waals surface area contributed by atoms with Crippen molar-refractivity contribution in [3.63, 3.8) is 0 Å². The molecule has 1 aromatic carbocycles. The Labute approximate surface area is 193 Å². The van der Waals surface area contributed by atoms with Crippen molar-refractivity contribution in [2.75, 3.05) is 18.0 Å². The highest BCUT2D eigenvalue weighted by atomic mass is 16.5. The third kappa shape index (κ3) is 4.95. The number of rotatable bonds is 8. The average Bonchev–Trinajstić information content (AvgIpc) is 3.27. The number of nitrogens with zero attached hydrogens (tertiary/aromatic N) is 2. The van der Waals surface area contributed by atoms with Crippen LogP contribution in [0.5, 0.6) is 5.75 Å². The number of nitrogens with one attached hydrogen (secondary N) is 1. The number of nitrogens with two attached hydrogens (primary N) is 1. The number of para-hydroxylation sites is 2. The van der Waals surface area contributed by atoms with Gasteiger partial charge >= 0.3 is 0 Å². The van der Waals surface area contributed by atoms with Crippen molar-refractivity contribution in [2.24, 2.45) is 17.6 Å². The van der Waals surface area contributed by atoms with Crippen LogP contribution in [0.3, 0.4) is 0 Å². The number of amides is 1. The molecule has 1 amide bonds. The van der Waals surface area contributed by atoms with Crippen LogP contribution in [0.15, 0.2) is 24.3 Å². The molecule has 2 heterocycles. The number of carbonyl (C=O) groups is 1. The van der Waals surface area contributed by atoms with Gasteiger partial charge in [-0.1, -0.05) is 25.0 Å². The first kappa shape index (κ1) is 23.1. The van der Waals surface area contributed by atoms with Crippen LogP contribution in [0.2, 0.25) is 0 Å². The van der Waals surface area contributed by atoms with E-state index in [0.29, 0.717) is 12.1 Å². The maximum Gasteiger partial charge on any atom is 0.268 e. The molecule has 5 atom stereocenters. The van der Waals surface area contributed by atoms with Gasteiger partial charge in [0.1, 0.15) is 5.75 Å². The number of likely N-dealkylation sites (tertiary alicyclic amines) is 1. The largest absolute Gasteiger partial charge is 0.478 e. The molecule has 2 fully saturated rings. The van der Waals surface area contributed by atoms with Crippen molar-refractivity contribution in [1.29, 1.82) is 5.41 Å². The summed E-state index contributed by atoms with van der Waals surface area (Å²) in [7, 11) is 0. The van der Waals surface area contributed by atoms with E-state index in [2.05, 4.69) is 18.7 Å². The summed E-state index contributed by atoms with van der Waals surface area (Å²) >= 11 is 0. The predicted octanol–water partition coefficient (Wildman–Crippen LogP) is 4.57. The van der Waals surface area contributed by atoms with E-state index in [1.165, 1.54) is 25.7 Å². The number of hydrogen-bond donors (Lipinski definition) is 2. The van der Waals surface area contributed by atoms with Crippen LogP contribution in [0, 0.1) is 17.2 Å². The molecule has 176 valence electrons. The summed E-state index contributed by atoms with van der Waals surface area (Å²) in [5.41, 5.74) is 6.63. The zero-order chi connectivity index (χ0) is 22.7. The van der Waals surface area contributed by atoms with Crippen molar-refractivity contribution in [1.82, 2.24) is 4.90 Å². The summed E-state index contributed by atoms with van der Waals surface area (Å²) in [6.45, 7) is 6.62. The van der Waals surface area contributed by atoms with E-state index < -0.39 is 6.10 Å². The second-order valence-corrected chi connectivity index (χ2v) is 10.1. The zero-order valence-electron chi connectivity index (χ0n) is 19.8. The van der Waals surface area contributed by atoms with Gasteiger partial charge in [-0.25, -0.2) is 0 Å². The number of carbonyl (C=O) groups excluding carboxylic acids is 1. The van der Waals surface area contributed by atoms with E-state index in [0.717, 1.165) is 56.6 Å². The van der Waals surface area contributed by atoms with Gasteiger partial charge in [-0.3, -0.25) is 15.1 Å². The molecule has 3 aliphatic rings. The SMILES string of the molecule is C[C@@H]1CCC[C@H](C)N1CCCCCN1C(=O)C(C2CCC(C(=N)N)C2)Oc2ccccc21. The smallest absolute Gasteiger partial charge is 0.268 e. The quantitative estimate of drug-likeness (QED) is 0.352. The molecule has 1 saturated heterocycles. The number of ether oxygens (including phenoxy) is 1. The molecular formula is C26H40N4O2. The highest BCUT2D eigenvalue weighted by Gasteiger charge is 2.42. The van der Waals surface area contributed by atoms with Crippen LogP contribution in [-0.4, -0.2) is 47.9 Å². The minimum atomic E-state index is -0.454. The molecule has 1 aromatic rings. The van der Waals surface area contributed by atoms with Crippen molar-refractivity contribution >= 4 is 17.4 Å². The Morgan fingerprint density at radius 3 is 2.50 bits per heavy atom. The fourth-order valence-corrected chi connectivity index (χ4v) is 6.00. The molecule has 0 spiro atoms. The molecular weight excluding hydrogens is 400 g/mol. The average molecular weight is 441 g/mol. The molecule has 32 heavy (non-hydrogen) atoms. The monoisotopic (exact) mass is 440 g/mol. The molecule has 1 aliphatic carbocycles. The number of piperidine rings is 1. The van der Waals surface area contributed by atoms with E-state index in [1.807, 2.05) is 29.2 Å². The fourth-order valence-electron chi connectivity index (χ4n) is 6.00. The Morgan fingerprint density at radius 1 is 1.06 bits per heavy atom. The van der Waals surface area contributed by atoms with Gasteiger partial charge in [0, 0.05) is 30.5 Å². The Bertz CT molecular complexity index is 803. The summed E-state index contributed by atoms with van der Waals surface area (Å²) in [5.74, 6) is 1.34. The van der Waals surface area contributed by atoms with Gasteiger partial charge in [0.15, 0.2) is 6.10 Å². The van der Waals surface area contributed by atoms with Crippen LogP contribution in [0.25, 0.3) is 0 Å². The third-order valence-corrected chi connectivity index (χ3v) is 7.93. The lowest BCUT2D eigenvalue weighted by Gasteiger charge is -2.39. The molecule has 6 nitrogen and oxygen atoms in total. The number of amidine groups is 1. The van der Waals surface area contributed by atoms with Crippen molar-refractivity contribution in [3.8, 4) is 5.75 Å². The number of anilines is 1. The molecule has 6 heteroatoms. The Morgan fingerprint density at radius 2 is 1.78 bits per heavy atom. The number of benzene rings is 1. The first-order valence-corrected chi connectivity index (χ1v) is 12.6. The summed E-state index contributed by atoms with van der Waals surface area (Å²) in [4.78, 5) is 18.1. The van der Waals surface area contributed by atoms with Crippen LogP contribution >= 0.6 is 0 Å². The number of fused-ring (bicyclic) bond motifs is 1. The fraction of sp³-hybridized carbons (Fsp3) is 0.692. The number of unbranched alkanes of at least 4 members (excludes halogenated alkanes) is 2. The van der Waals surface area contributed by atoms with Crippen LogP contribution in [-0.2, 0) is 4.79 Å². The van der Waals surface area contributed by atoms with E-state index in [1.54, 1.807) is 0 Å².